The number of halogens is 2. The Morgan fingerprint density at radius 1 is 1.27 bits per heavy atom. The second-order valence-corrected chi connectivity index (χ2v) is 12.3. The van der Waals surface area contributed by atoms with Gasteiger partial charge in [-0.1, -0.05) is 12.8 Å². The summed E-state index contributed by atoms with van der Waals surface area (Å²) in [4.78, 5) is 16.1. The van der Waals surface area contributed by atoms with Crippen molar-refractivity contribution in [2.75, 3.05) is 44.9 Å². The third kappa shape index (κ3) is 4.81. The minimum absolute atomic E-state index is 0.00233. The zero-order chi connectivity index (χ0) is 23.2. The van der Waals surface area contributed by atoms with Gasteiger partial charge in [-0.3, -0.25) is 4.79 Å². The molecule has 0 radical (unpaired) electrons. The Hall–Kier alpha value is -1.23. The van der Waals surface area contributed by atoms with Crippen molar-refractivity contribution in [1.82, 2.24) is 4.31 Å². The Labute approximate surface area is 201 Å². The van der Waals surface area contributed by atoms with E-state index >= 15 is 0 Å². The first kappa shape index (κ1) is 23.5. The molecule has 1 aromatic rings. The van der Waals surface area contributed by atoms with Crippen molar-refractivity contribution >= 4 is 35.4 Å². The van der Waals surface area contributed by atoms with Crippen LogP contribution in [0.3, 0.4) is 0 Å². The molecule has 2 heterocycles. The number of nitrogens with zero attached hydrogens (tertiary/aromatic N) is 2. The summed E-state index contributed by atoms with van der Waals surface area (Å²) in [6, 6.07) is 4.58. The number of hydrogen-bond acceptors (Lipinski definition) is 7. The second kappa shape index (κ2) is 9.09. The fourth-order valence-corrected chi connectivity index (χ4v) is 7.28. The second-order valence-electron chi connectivity index (χ2n) is 9.71. The summed E-state index contributed by atoms with van der Waals surface area (Å²) in [5, 5.41) is 9.47. The van der Waals surface area contributed by atoms with Gasteiger partial charge in [0.2, 0.25) is 5.92 Å². The average molecular weight is 501 g/mol. The number of ether oxygens (including phenoxy) is 2. The maximum Gasteiger partial charge on any atom is 0.317 e. The van der Waals surface area contributed by atoms with Crippen LogP contribution in [0.15, 0.2) is 21.9 Å². The van der Waals surface area contributed by atoms with E-state index in [4.69, 9.17) is 9.47 Å². The summed E-state index contributed by atoms with van der Waals surface area (Å²) in [6.45, 7) is 2.09. The van der Waals surface area contributed by atoms with Crippen LogP contribution in [0.5, 0.6) is 5.75 Å². The van der Waals surface area contributed by atoms with Crippen molar-refractivity contribution < 1.29 is 28.2 Å². The summed E-state index contributed by atoms with van der Waals surface area (Å²) < 4.78 is 40.5. The average Bonchev–Trinajstić information content (AvgIpc) is 3.17. The van der Waals surface area contributed by atoms with Crippen molar-refractivity contribution in [1.29, 1.82) is 0 Å². The molecule has 33 heavy (non-hydrogen) atoms. The van der Waals surface area contributed by atoms with Gasteiger partial charge in [0.25, 0.3) is 0 Å². The van der Waals surface area contributed by atoms with Crippen LogP contribution in [0.1, 0.15) is 38.5 Å². The molecule has 0 unspecified atom stereocenters. The Balaban J connectivity index is 1.46. The van der Waals surface area contributed by atoms with Crippen LogP contribution in [0, 0.1) is 5.41 Å². The molecule has 0 spiro atoms. The van der Waals surface area contributed by atoms with Gasteiger partial charge in [-0.05, 0) is 44.0 Å². The first-order valence-corrected chi connectivity index (χ1v) is 13.2. The van der Waals surface area contributed by atoms with E-state index in [0.29, 0.717) is 11.8 Å². The van der Waals surface area contributed by atoms with Gasteiger partial charge in [0, 0.05) is 37.2 Å². The molecule has 182 valence electrons. The maximum atomic E-state index is 13.5. The fraction of sp³-hybridized carbons (Fsp3) is 0.696. The van der Waals surface area contributed by atoms with E-state index in [0.717, 1.165) is 28.6 Å². The van der Waals surface area contributed by atoms with E-state index in [2.05, 4.69) is 22.3 Å². The monoisotopic (exact) mass is 500 g/mol. The molecule has 3 fully saturated rings. The van der Waals surface area contributed by atoms with E-state index < -0.39 is 17.3 Å². The fourth-order valence-electron chi connectivity index (χ4n) is 4.91. The number of benzene rings is 1. The molecule has 2 saturated carbocycles. The third-order valence-corrected chi connectivity index (χ3v) is 9.33. The number of rotatable bonds is 7. The van der Waals surface area contributed by atoms with Gasteiger partial charge < -0.3 is 19.5 Å². The quantitative estimate of drug-likeness (QED) is 0.538. The molecule has 6 nitrogen and oxygen atoms in total. The van der Waals surface area contributed by atoms with E-state index in [1.54, 1.807) is 11.9 Å². The van der Waals surface area contributed by atoms with Crippen molar-refractivity contribution in [2.45, 2.75) is 65.5 Å². The highest BCUT2D eigenvalue weighted by Gasteiger charge is 2.48. The van der Waals surface area contributed by atoms with Crippen LogP contribution in [0.25, 0.3) is 0 Å². The van der Waals surface area contributed by atoms with Crippen LogP contribution in [-0.2, 0) is 9.53 Å². The van der Waals surface area contributed by atoms with Crippen LogP contribution < -0.4 is 9.64 Å². The SMILES string of the molecule is CN1CCN(C2CCCC2)c2cc(SC3CC(F)(F)C3)c(OCC3(C(=O)O)COC3)cc2S1. The van der Waals surface area contributed by atoms with Gasteiger partial charge in [0.1, 0.15) is 17.8 Å². The number of carbonyl (C=O) groups is 1. The van der Waals surface area contributed by atoms with Crippen LogP contribution in [-0.4, -0.2) is 72.6 Å². The number of carboxylic acids is 1. The number of alkyl halides is 2. The van der Waals surface area contributed by atoms with E-state index in [9.17, 15) is 18.7 Å². The Morgan fingerprint density at radius 3 is 2.61 bits per heavy atom. The van der Waals surface area contributed by atoms with Gasteiger partial charge in [-0.2, -0.15) is 0 Å². The number of aliphatic carboxylic acids is 1. The normalized spacial score (nSPS) is 25.1. The topological polar surface area (TPSA) is 62.2 Å². The minimum atomic E-state index is -2.59. The van der Waals surface area contributed by atoms with Gasteiger partial charge in [-0.25, -0.2) is 13.1 Å². The lowest BCUT2D eigenvalue weighted by Crippen LogP contribution is -2.53. The zero-order valence-corrected chi connectivity index (χ0v) is 20.4. The molecule has 1 N–H and O–H groups in total. The standard InChI is InChI=1S/C23H30F2N2O4S2/c1-26-6-7-27(15-4-2-3-5-15)17-8-20(32-16-10-23(24,25)11-16)18(9-19(17)33-26)31-14-22(21(28)29)12-30-13-22/h8-9,15-16H,2-7,10-14H2,1H3,(H,28,29). The molecule has 2 aliphatic heterocycles. The lowest BCUT2D eigenvalue weighted by molar-refractivity contribution is -0.185. The predicted octanol–water partition coefficient (Wildman–Crippen LogP) is 4.76. The molecule has 2 aliphatic carbocycles. The molecule has 0 bridgehead atoms. The van der Waals surface area contributed by atoms with Crippen molar-refractivity contribution in [3.05, 3.63) is 12.1 Å². The van der Waals surface area contributed by atoms with Crippen LogP contribution >= 0.6 is 23.7 Å². The summed E-state index contributed by atoms with van der Waals surface area (Å²) in [7, 11) is 2.07. The number of hydrogen-bond donors (Lipinski definition) is 1. The number of thioether (sulfide) groups is 1. The number of likely N-dealkylation sites (N-methyl/N-ethyl adjacent to an activating group) is 1. The molecule has 0 aromatic heterocycles. The highest BCUT2D eigenvalue weighted by atomic mass is 32.2. The lowest BCUT2D eigenvalue weighted by atomic mass is 9.87. The molecule has 4 aliphatic rings. The van der Waals surface area contributed by atoms with Crippen LogP contribution in [0.4, 0.5) is 14.5 Å². The first-order valence-electron chi connectivity index (χ1n) is 11.6. The maximum absolute atomic E-state index is 13.5. The summed E-state index contributed by atoms with van der Waals surface area (Å²) in [5.74, 6) is -2.94. The van der Waals surface area contributed by atoms with Gasteiger partial charge in [0.15, 0.2) is 0 Å². The van der Waals surface area contributed by atoms with Crippen molar-refractivity contribution in [3.8, 4) is 5.75 Å². The molecule has 1 saturated heterocycles. The Bertz CT molecular complexity index is 901. The van der Waals surface area contributed by atoms with Gasteiger partial charge in [0.05, 0.1) is 28.7 Å². The predicted molar refractivity (Wildman–Crippen MR) is 125 cm³/mol. The number of fused-ring (bicyclic) bond motifs is 1. The first-order chi connectivity index (χ1) is 15.7. The summed E-state index contributed by atoms with van der Waals surface area (Å²) in [6.07, 6.45) is 4.54. The van der Waals surface area contributed by atoms with E-state index in [-0.39, 0.29) is 37.9 Å². The summed E-state index contributed by atoms with van der Waals surface area (Å²) in [5.41, 5.74) is 0.0926. The lowest BCUT2D eigenvalue weighted by Gasteiger charge is -2.38. The molecule has 0 amide bonds. The number of anilines is 1. The molecule has 10 heteroatoms. The Kier molecular flexibility index (Phi) is 6.48. The largest absolute Gasteiger partial charge is 0.491 e. The highest BCUT2D eigenvalue weighted by Crippen LogP contribution is 2.51. The van der Waals surface area contributed by atoms with Gasteiger partial charge in [-0.15, -0.1) is 11.8 Å². The molecule has 1 aromatic carbocycles. The van der Waals surface area contributed by atoms with E-state index in [1.807, 2.05) is 6.07 Å². The van der Waals surface area contributed by atoms with E-state index in [1.165, 1.54) is 37.4 Å². The third-order valence-electron chi connectivity index (χ3n) is 7.07. The highest BCUT2D eigenvalue weighted by molar-refractivity contribution is 8.00. The molecule has 5 rings (SSSR count). The molecular formula is C23H30F2N2O4S2. The smallest absolute Gasteiger partial charge is 0.317 e. The van der Waals surface area contributed by atoms with Crippen molar-refractivity contribution in [2.24, 2.45) is 5.41 Å². The molecule has 0 atom stereocenters. The number of carboxylic acid groups (broad SMARTS) is 1. The van der Waals surface area contributed by atoms with Gasteiger partial charge >= 0.3 is 5.97 Å². The van der Waals surface area contributed by atoms with Crippen molar-refractivity contribution in [3.63, 3.8) is 0 Å². The minimum Gasteiger partial charge on any atom is -0.491 e. The Morgan fingerprint density at radius 2 is 2.00 bits per heavy atom. The molecular weight excluding hydrogens is 470 g/mol. The zero-order valence-electron chi connectivity index (χ0n) is 18.7. The summed E-state index contributed by atoms with van der Waals surface area (Å²) >= 11 is 3.09. The van der Waals surface area contributed by atoms with Crippen LogP contribution in [0.2, 0.25) is 0 Å².